The first kappa shape index (κ1) is 15.0. The van der Waals surface area contributed by atoms with Crippen molar-refractivity contribution in [3.05, 3.63) is 29.8 Å². The second-order valence-electron chi connectivity index (χ2n) is 7.64. The maximum atomic E-state index is 10.9. The SMILES string of the molecule is O=C(O)c1ccc(N2CCC3(CC2)CC(N2CCCC2)C3)cc1. The minimum absolute atomic E-state index is 0.370. The van der Waals surface area contributed by atoms with E-state index in [9.17, 15) is 4.79 Å². The summed E-state index contributed by atoms with van der Waals surface area (Å²) in [4.78, 5) is 16.1. The van der Waals surface area contributed by atoms with Crippen LogP contribution in [0.3, 0.4) is 0 Å². The molecule has 1 saturated carbocycles. The molecule has 2 heterocycles. The van der Waals surface area contributed by atoms with Gasteiger partial charge >= 0.3 is 5.97 Å². The topological polar surface area (TPSA) is 43.8 Å². The molecule has 2 saturated heterocycles. The van der Waals surface area contributed by atoms with Gasteiger partial charge in [0.25, 0.3) is 0 Å². The Labute approximate surface area is 138 Å². The van der Waals surface area contributed by atoms with Crippen LogP contribution in [-0.4, -0.2) is 48.2 Å². The van der Waals surface area contributed by atoms with Crippen molar-refractivity contribution < 1.29 is 9.90 Å². The van der Waals surface area contributed by atoms with Crippen molar-refractivity contribution in [2.45, 2.75) is 44.6 Å². The number of benzene rings is 1. The third kappa shape index (κ3) is 2.85. The van der Waals surface area contributed by atoms with E-state index in [4.69, 9.17) is 5.11 Å². The molecular weight excluding hydrogens is 288 g/mol. The number of piperidine rings is 1. The zero-order valence-electron chi connectivity index (χ0n) is 13.7. The number of aromatic carboxylic acids is 1. The highest BCUT2D eigenvalue weighted by atomic mass is 16.4. The predicted octanol–water partition coefficient (Wildman–Crippen LogP) is 3.23. The summed E-state index contributed by atoms with van der Waals surface area (Å²) in [5.41, 5.74) is 2.14. The van der Waals surface area contributed by atoms with Crippen molar-refractivity contribution in [2.24, 2.45) is 5.41 Å². The summed E-state index contributed by atoms with van der Waals surface area (Å²) in [6.45, 7) is 4.86. The van der Waals surface area contributed by atoms with Crippen LogP contribution in [0.25, 0.3) is 0 Å². The Balaban J connectivity index is 1.32. The quantitative estimate of drug-likeness (QED) is 0.930. The molecule has 3 aliphatic rings. The highest BCUT2D eigenvalue weighted by Crippen LogP contribution is 2.51. The minimum Gasteiger partial charge on any atom is -0.478 e. The fraction of sp³-hybridized carbons (Fsp3) is 0.632. The first-order valence-corrected chi connectivity index (χ1v) is 8.98. The van der Waals surface area contributed by atoms with Crippen molar-refractivity contribution >= 4 is 11.7 Å². The van der Waals surface area contributed by atoms with Crippen molar-refractivity contribution in [3.8, 4) is 0 Å². The van der Waals surface area contributed by atoms with E-state index in [-0.39, 0.29) is 0 Å². The van der Waals surface area contributed by atoms with Crippen LogP contribution >= 0.6 is 0 Å². The van der Waals surface area contributed by atoms with Crippen LogP contribution in [-0.2, 0) is 0 Å². The van der Waals surface area contributed by atoms with Crippen LogP contribution in [0.4, 0.5) is 5.69 Å². The van der Waals surface area contributed by atoms with Crippen LogP contribution in [0.5, 0.6) is 0 Å². The molecule has 1 aliphatic carbocycles. The molecule has 1 aromatic rings. The fourth-order valence-electron chi connectivity index (χ4n) is 4.77. The summed E-state index contributed by atoms with van der Waals surface area (Å²) < 4.78 is 0. The second-order valence-corrected chi connectivity index (χ2v) is 7.64. The van der Waals surface area contributed by atoms with Crippen LogP contribution in [0, 0.1) is 5.41 Å². The number of rotatable bonds is 3. The van der Waals surface area contributed by atoms with Gasteiger partial charge in [-0.05, 0) is 81.3 Å². The Morgan fingerprint density at radius 3 is 2.17 bits per heavy atom. The summed E-state index contributed by atoms with van der Waals surface area (Å²) in [5.74, 6) is -0.850. The molecule has 4 rings (SSSR count). The molecule has 1 N–H and O–H groups in total. The Morgan fingerprint density at radius 2 is 1.61 bits per heavy atom. The summed E-state index contributed by atoms with van der Waals surface area (Å²) in [7, 11) is 0. The first-order valence-electron chi connectivity index (χ1n) is 8.98. The Morgan fingerprint density at radius 1 is 1.00 bits per heavy atom. The van der Waals surface area contributed by atoms with Crippen LogP contribution in [0.2, 0.25) is 0 Å². The Bertz CT molecular complexity index is 562. The molecule has 0 amide bonds. The average molecular weight is 314 g/mol. The molecule has 0 bridgehead atoms. The zero-order valence-corrected chi connectivity index (χ0v) is 13.7. The third-order valence-electron chi connectivity index (χ3n) is 6.30. The summed E-state index contributed by atoms with van der Waals surface area (Å²) in [6, 6.07) is 8.20. The van der Waals surface area contributed by atoms with Gasteiger partial charge in [-0.1, -0.05) is 0 Å². The molecule has 1 aromatic carbocycles. The second kappa shape index (κ2) is 5.82. The number of carbonyl (C=O) groups is 1. The number of hydrogen-bond acceptors (Lipinski definition) is 3. The number of carboxylic acid groups (broad SMARTS) is 1. The van der Waals surface area contributed by atoms with Gasteiger partial charge in [0, 0.05) is 24.8 Å². The van der Waals surface area contributed by atoms with Gasteiger partial charge in [0.05, 0.1) is 5.56 Å². The van der Waals surface area contributed by atoms with Gasteiger partial charge in [-0.15, -0.1) is 0 Å². The van der Waals surface area contributed by atoms with Gasteiger partial charge in [-0.25, -0.2) is 4.79 Å². The Kier molecular flexibility index (Phi) is 3.80. The van der Waals surface area contributed by atoms with E-state index in [1.165, 1.54) is 57.3 Å². The van der Waals surface area contributed by atoms with E-state index >= 15 is 0 Å². The van der Waals surface area contributed by atoms with Crippen molar-refractivity contribution in [1.82, 2.24) is 4.90 Å². The van der Waals surface area contributed by atoms with Crippen LogP contribution in [0.1, 0.15) is 48.9 Å². The van der Waals surface area contributed by atoms with E-state index in [1.807, 2.05) is 12.1 Å². The molecule has 0 atom stereocenters. The van der Waals surface area contributed by atoms with E-state index < -0.39 is 5.97 Å². The highest BCUT2D eigenvalue weighted by Gasteiger charge is 2.47. The lowest BCUT2D eigenvalue weighted by atomic mass is 9.60. The molecule has 0 radical (unpaired) electrons. The van der Waals surface area contributed by atoms with E-state index in [0.29, 0.717) is 11.0 Å². The maximum absolute atomic E-state index is 10.9. The Hall–Kier alpha value is -1.55. The summed E-state index contributed by atoms with van der Waals surface area (Å²) in [5, 5.41) is 8.99. The molecule has 4 nitrogen and oxygen atoms in total. The minimum atomic E-state index is -0.850. The number of hydrogen-bond donors (Lipinski definition) is 1. The number of anilines is 1. The van der Waals surface area contributed by atoms with Gasteiger partial charge in [-0.3, -0.25) is 0 Å². The molecule has 23 heavy (non-hydrogen) atoms. The van der Waals surface area contributed by atoms with Crippen LogP contribution < -0.4 is 4.90 Å². The van der Waals surface area contributed by atoms with Gasteiger partial charge in [0.1, 0.15) is 0 Å². The average Bonchev–Trinajstić information content (AvgIpc) is 3.07. The highest BCUT2D eigenvalue weighted by molar-refractivity contribution is 5.88. The summed E-state index contributed by atoms with van der Waals surface area (Å²) in [6.07, 6.45) is 8.17. The van der Waals surface area contributed by atoms with Crippen LogP contribution in [0.15, 0.2) is 24.3 Å². The summed E-state index contributed by atoms with van der Waals surface area (Å²) >= 11 is 0. The number of likely N-dealkylation sites (tertiary alicyclic amines) is 1. The van der Waals surface area contributed by atoms with Crippen molar-refractivity contribution in [3.63, 3.8) is 0 Å². The van der Waals surface area contributed by atoms with E-state index in [2.05, 4.69) is 9.80 Å². The van der Waals surface area contributed by atoms with Gasteiger partial charge in [0.2, 0.25) is 0 Å². The number of nitrogens with zero attached hydrogens (tertiary/aromatic N) is 2. The fourth-order valence-corrected chi connectivity index (χ4v) is 4.77. The molecule has 0 unspecified atom stereocenters. The largest absolute Gasteiger partial charge is 0.478 e. The van der Waals surface area contributed by atoms with Gasteiger partial charge in [0.15, 0.2) is 0 Å². The van der Waals surface area contributed by atoms with E-state index in [1.54, 1.807) is 12.1 Å². The lowest BCUT2D eigenvalue weighted by Gasteiger charge is -2.55. The zero-order chi connectivity index (χ0) is 15.9. The number of carboxylic acids is 1. The van der Waals surface area contributed by atoms with Crippen molar-refractivity contribution in [1.29, 1.82) is 0 Å². The molecule has 124 valence electrons. The molecule has 1 spiro atoms. The molecule has 4 heteroatoms. The third-order valence-corrected chi connectivity index (χ3v) is 6.30. The standard InChI is InChI=1S/C19H26N2O2/c22-18(23)15-3-5-16(6-4-15)21-11-7-19(8-12-21)13-17(14-19)20-9-1-2-10-20/h3-6,17H,1-2,7-14H2,(H,22,23). The molecule has 0 aromatic heterocycles. The van der Waals surface area contributed by atoms with Crippen molar-refractivity contribution in [2.75, 3.05) is 31.1 Å². The van der Waals surface area contributed by atoms with Gasteiger partial charge in [-0.2, -0.15) is 0 Å². The monoisotopic (exact) mass is 314 g/mol. The lowest BCUT2D eigenvalue weighted by Crippen LogP contribution is -2.54. The smallest absolute Gasteiger partial charge is 0.335 e. The molecule has 3 fully saturated rings. The van der Waals surface area contributed by atoms with E-state index in [0.717, 1.165) is 19.1 Å². The predicted molar refractivity (Wildman–Crippen MR) is 91.1 cm³/mol. The lowest BCUT2D eigenvalue weighted by molar-refractivity contribution is -0.00645. The molecular formula is C19H26N2O2. The first-order chi connectivity index (χ1) is 11.2. The maximum Gasteiger partial charge on any atom is 0.335 e. The normalized spacial score (nSPS) is 24.8. The van der Waals surface area contributed by atoms with Gasteiger partial charge < -0.3 is 14.9 Å². The molecule has 2 aliphatic heterocycles.